The molecule has 246 valence electrons. The van der Waals surface area contributed by atoms with Crippen LogP contribution in [-0.2, 0) is 0 Å². The lowest BCUT2D eigenvalue weighted by Gasteiger charge is -2.16. The number of aromatic nitrogens is 3. The number of para-hydroxylation sites is 1. The molecule has 0 saturated carbocycles. The molecule has 2 heterocycles. The van der Waals surface area contributed by atoms with Gasteiger partial charge < -0.3 is 4.57 Å². The van der Waals surface area contributed by atoms with Crippen molar-refractivity contribution in [3.8, 4) is 39.6 Å². The molecule has 3 heteroatoms. The summed E-state index contributed by atoms with van der Waals surface area (Å²) in [7, 11) is 0. The molecule has 53 heavy (non-hydrogen) atoms. The van der Waals surface area contributed by atoms with Crippen LogP contribution >= 0.6 is 0 Å². The lowest BCUT2D eigenvalue weighted by atomic mass is 9.88. The largest absolute Gasteiger partial charge is 0.309 e. The highest BCUT2D eigenvalue weighted by Gasteiger charge is 2.22. The van der Waals surface area contributed by atoms with Crippen LogP contribution in [0.1, 0.15) is 0 Å². The summed E-state index contributed by atoms with van der Waals surface area (Å²) in [4.78, 5) is 10.1. The van der Waals surface area contributed by atoms with Crippen LogP contribution in [0.25, 0.3) is 104 Å². The third-order valence-corrected chi connectivity index (χ3v) is 10.8. The first kappa shape index (κ1) is 29.6. The maximum Gasteiger partial charge on any atom is 0.160 e. The summed E-state index contributed by atoms with van der Waals surface area (Å²) in [6.07, 6.45) is 0. The van der Waals surface area contributed by atoms with Crippen molar-refractivity contribution < 1.29 is 0 Å². The van der Waals surface area contributed by atoms with Gasteiger partial charge in [0.2, 0.25) is 0 Å². The second-order valence-electron chi connectivity index (χ2n) is 13.7. The third kappa shape index (κ3) is 4.54. The zero-order chi connectivity index (χ0) is 34.9. The first-order valence-corrected chi connectivity index (χ1v) is 18.1. The first-order valence-electron chi connectivity index (χ1n) is 18.1. The lowest BCUT2D eigenvalue weighted by Crippen LogP contribution is -1.97. The predicted molar refractivity (Wildman–Crippen MR) is 223 cm³/mol. The molecule has 0 bridgehead atoms. The molecule has 11 rings (SSSR count). The molecule has 2 aromatic heterocycles. The minimum atomic E-state index is 0.714. The van der Waals surface area contributed by atoms with Gasteiger partial charge in [-0.2, -0.15) is 0 Å². The summed E-state index contributed by atoms with van der Waals surface area (Å²) in [5, 5.41) is 12.8. The van der Waals surface area contributed by atoms with Crippen LogP contribution in [0.4, 0.5) is 0 Å². The van der Waals surface area contributed by atoms with E-state index in [4.69, 9.17) is 9.97 Å². The highest BCUT2D eigenvalue weighted by atomic mass is 15.0. The SMILES string of the molecule is c1ccc(-c2cc(-c3ccc(-n4c5ccccc5c5c6c7ccccc7c7ccccc7c6c6ccccc6c54)cc3)nc(-c3ccccc3)n2)cc1. The Morgan fingerprint density at radius 1 is 0.321 bits per heavy atom. The minimum Gasteiger partial charge on any atom is -0.309 e. The molecule has 0 fully saturated rings. The van der Waals surface area contributed by atoms with E-state index >= 15 is 0 Å². The van der Waals surface area contributed by atoms with Crippen molar-refractivity contribution >= 4 is 64.9 Å². The van der Waals surface area contributed by atoms with E-state index in [-0.39, 0.29) is 0 Å². The van der Waals surface area contributed by atoms with E-state index in [9.17, 15) is 0 Å². The average Bonchev–Trinajstić information content (AvgIpc) is 3.59. The molecule has 0 radical (unpaired) electrons. The first-order chi connectivity index (χ1) is 26.3. The number of rotatable bonds is 4. The van der Waals surface area contributed by atoms with E-state index in [0.29, 0.717) is 5.82 Å². The van der Waals surface area contributed by atoms with Crippen LogP contribution in [-0.4, -0.2) is 14.5 Å². The topological polar surface area (TPSA) is 30.7 Å². The van der Waals surface area contributed by atoms with Crippen LogP contribution in [0.15, 0.2) is 188 Å². The number of hydrogen-bond donors (Lipinski definition) is 0. The number of nitrogens with zero attached hydrogens (tertiary/aromatic N) is 3. The van der Waals surface area contributed by atoms with Crippen molar-refractivity contribution in [3.63, 3.8) is 0 Å². The smallest absolute Gasteiger partial charge is 0.160 e. The van der Waals surface area contributed by atoms with Gasteiger partial charge in [0.15, 0.2) is 5.82 Å². The van der Waals surface area contributed by atoms with Gasteiger partial charge in [0.25, 0.3) is 0 Å². The van der Waals surface area contributed by atoms with E-state index in [1.807, 2.05) is 24.3 Å². The van der Waals surface area contributed by atoms with E-state index in [1.165, 1.54) is 64.9 Å². The molecule has 0 aliphatic heterocycles. The fourth-order valence-corrected chi connectivity index (χ4v) is 8.45. The number of fused-ring (bicyclic) bond motifs is 13. The quantitative estimate of drug-likeness (QED) is 0.174. The monoisotopic (exact) mass is 673 g/mol. The van der Waals surface area contributed by atoms with Gasteiger partial charge in [-0.3, -0.25) is 0 Å². The van der Waals surface area contributed by atoms with Gasteiger partial charge in [-0.25, -0.2) is 9.97 Å². The van der Waals surface area contributed by atoms with Crippen molar-refractivity contribution in [3.05, 3.63) is 188 Å². The van der Waals surface area contributed by atoms with E-state index in [2.05, 4.69) is 168 Å². The fraction of sp³-hybridized carbons (Fsp3) is 0. The van der Waals surface area contributed by atoms with E-state index in [1.54, 1.807) is 0 Å². The Labute approximate surface area is 306 Å². The number of hydrogen-bond acceptors (Lipinski definition) is 2. The highest BCUT2D eigenvalue weighted by Crippen LogP contribution is 2.47. The van der Waals surface area contributed by atoms with E-state index < -0.39 is 0 Å². The van der Waals surface area contributed by atoms with Crippen molar-refractivity contribution in [2.75, 3.05) is 0 Å². The zero-order valence-corrected chi connectivity index (χ0v) is 28.7. The number of benzene rings is 9. The molecule has 0 spiro atoms. The van der Waals surface area contributed by atoms with Gasteiger partial charge in [0.05, 0.1) is 22.4 Å². The predicted octanol–water partition coefficient (Wildman–Crippen LogP) is 13.2. The second kappa shape index (κ2) is 11.7. The molecule has 0 saturated heterocycles. The normalized spacial score (nSPS) is 11.8. The Morgan fingerprint density at radius 3 is 1.40 bits per heavy atom. The Bertz CT molecular complexity index is 3140. The molecule has 0 N–H and O–H groups in total. The lowest BCUT2D eigenvalue weighted by molar-refractivity contribution is 1.17. The fourth-order valence-electron chi connectivity index (χ4n) is 8.45. The minimum absolute atomic E-state index is 0.714. The summed E-state index contributed by atoms with van der Waals surface area (Å²) >= 11 is 0. The van der Waals surface area contributed by atoms with Crippen LogP contribution in [0.3, 0.4) is 0 Å². The van der Waals surface area contributed by atoms with Gasteiger partial charge in [-0.15, -0.1) is 0 Å². The Balaban J connectivity index is 1.19. The Hall–Kier alpha value is -7.10. The van der Waals surface area contributed by atoms with Gasteiger partial charge in [-0.1, -0.05) is 164 Å². The van der Waals surface area contributed by atoms with Crippen molar-refractivity contribution in [1.82, 2.24) is 14.5 Å². The molecule has 0 atom stereocenters. The summed E-state index contributed by atoms with van der Waals surface area (Å²) in [5.41, 5.74) is 8.41. The molecule has 0 aliphatic carbocycles. The molecule has 0 amide bonds. The van der Waals surface area contributed by atoms with Crippen LogP contribution in [0.2, 0.25) is 0 Å². The van der Waals surface area contributed by atoms with Gasteiger partial charge in [0.1, 0.15) is 0 Å². The molecule has 9 aromatic carbocycles. The maximum atomic E-state index is 5.10. The van der Waals surface area contributed by atoms with Gasteiger partial charge in [0, 0.05) is 43.9 Å². The van der Waals surface area contributed by atoms with Crippen molar-refractivity contribution in [1.29, 1.82) is 0 Å². The molecular formula is C50H31N3. The van der Waals surface area contributed by atoms with Crippen molar-refractivity contribution in [2.24, 2.45) is 0 Å². The van der Waals surface area contributed by atoms with Gasteiger partial charge >= 0.3 is 0 Å². The van der Waals surface area contributed by atoms with Crippen molar-refractivity contribution in [2.45, 2.75) is 0 Å². The highest BCUT2D eigenvalue weighted by molar-refractivity contribution is 6.42. The molecular weight excluding hydrogens is 643 g/mol. The Morgan fingerprint density at radius 2 is 0.774 bits per heavy atom. The zero-order valence-electron chi connectivity index (χ0n) is 28.7. The molecule has 3 nitrogen and oxygen atoms in total. The van der Waals surface area contributed by atoms with E-state index in [0.717, 1.165) is 33.8 Å². The summed E-state index contributed by atoms with van der Waals surface area (Å²) in [5.74, 6) is 0.714. The van der Waals surface area contributed by atoms with Crippen LogP contribution < -0.4 is 0 Å². The second-order valence-corrected chi connectivity index (χ2v) is 13.7. The summed E-state index contributed by atoms with van der Waals surface area (Å²) in [6.45, 7) is 0. The molecule has 0 unspecified atom stereocenters. The summed E-state index contributed by atoms with van der Waals surface area (Å²) in [6, 6.07) is 67.2. The average molecular weight is 674 g/mol. The maximum absolute atomic E-state index is 5.10. The standard InChI is InChI=1S/C50H31N3/c1-3-15-32(16-4-1)43-31-44(52-50(51-43)34-17-5-2-6-18-34)33-27-29-35(30-28-33)53-45-26-14-13-25-42(45)48-47-39-22-10-8-20-37(39)36-19-7-9-21-38(36)46(47)40-23-11-12-24-41(40)49(48)53/h1-31H. The van der Waals surface area contributed by atoms with Crippen LogP contribution in [0, 0.1) is 0 Å². The third-order valence-electron chi connectivity index (χ3n) is 10.8. The molecule has 0 aliphatic rings. The van der Waals surface area contributed by atoms with Gasteiger partial charge in [-0.05, 0) is 56.6 Å². The summed E-state index contributed by atoms with van der Waals surface area (Å²) < 4.78 is 2.46. The Kier molecular flexibility index (Phi) is 6.55. The molecule has 11 aromatic rings. The van der Waals surface area contributed by atoms with Crippen LogP contribution in [0.5, 0.6) is 0 Å².